The number of hydrogen-bond donors (Lipinski definition) is 1. The van der Waals surface area contributed by atoms with Crippen molar-refractivity contribution in [1.29, 1.82) is 0 Å². The molecule has 2 N–H and O–H groups in total. The molecule has 2 heterocycles. The number of fused-ring (bicyclic) bond motifs is 1. The normalized spacial score (nSPS) is 11.3. The van der Waals surface area contributed by atoms with E-state index < -0.39 is 0 Å². The number of thiazole rings is 1. The van der Waals surface area contributed by atoms with Gasteiger partial charge >= 0.3 is 0 Å². The molecule has 2 aromatic heterocycles. The molecule has 0 spiro atoms. The molecule has 0 aliphatic heterocycles. The molecule has 4 nitrogen and oxygen atoms in total. The molecule has 5 heteroatoms. The fourth-order valence-electron chi connectivity index (χ4n) is 2.15. The smallest absolute Gasteiger partial charge is 0.152 e. The SMILES string of the molecule is Cc1nc(C)c(-c2nc3ccc(N)cc3n2C)s1. The number of nitrogens with zero attached hydrogens (tertiary/aromatic N) is 3. The van der Waals surface area contributed by atoms with Crippen molar-refractivity contribution in [1.82, 2.24) is 14.5 Å². The van der Waals surface area contributed by atoms with Crippen LogP contribution in [0.25, 0.3) is 21.7 Å². The van der Waals surface area contributed by atoms with Gasteiger partial charge < -0.3 is 10.3 Å². The highest BCUT2D eigenvalue weighted by atomic mass is 32.1. The zero-order valence-electron chi connectivity index (χ0n) is 10.6. The van der Waals surface area contributed by atoms with Gasteiger partial charge in [-0.3, -0.25) is 0 Å². The molecule has 0 fully saturated rings. The van der Waals surface area contributed by atoms with E-state index in [9.17, 15) is 0 Å². The van der Waals surface area contributed by atoms with Crippen molar-refractivity contribution in [3.05, 3.63) is 28.9 Å². The summed E-state index contributed by atoms with van der Waals surface area (Å²) < 4.78 is 2.08. The van der Waals surface area contributed by atoms with Crippen molar-refractivity contribution in [2.75, 3.05) is 5.73 Å². The first-order chi connectivity index (χ1) is 8.56. The zero-order chi connectivity index (χ0) is 12.9. The second-order valence-electron chi connectivity index (χ2n) is 4.39. The summed E-state index contributed by atoms with van der Waals surface area (Å²) in [4.78, 5) is 10.3. The number of nitrogens with two attached hydrogens (primary N) is 1. The Bertz CT molecular complexity index is 739. The largest absolute Gasteiger partial charge is 0.399 e. The third-order valence-electron chi connectivity index (χ3n) is 3.01. The summed E-state index contributed by atoms with van der Waals surface area (Å²) in [5.74, 6) is 0.957. The highest BCUT2D eigenvalue weighted by Crippen LogP contribution is 2.31. The van der Waals surface area contributed by atoms with Crippen LogP contribution < -0.4 is 5.73 Å². The minimum absolute atomic E-state index is 0.759. The van der Waals surface area contributed by atoms with Crippen LogP contribution in [-0.2, 0) is 7.05 Å². The van der Waals surface area contributed by atoms with Crippen molar-refractivity contribution in [2.45, 2.75) is 13.8 Å². The fourth-order valence-corrected chi connectivity index (χ4v) is 3.09. The summed E-state index contributed by atoms with van der Waals surface area (Å²) in [6, 6.07) is 5.79. The molecular weight excluding hydrogens is 244 g/mol. The van der Waals surface area contributed by atoms with Gasteiger partial charge in [-0.1, -0.05) is 0 Å². The molecule has 0 radical (unpaired) electrons. The van der Waals surface area contributed by atoms with Gasteiger partial charge in [-0.2, -0.15) is 0 Å². The molecule has 0 unspecified atom stereocenters. The Hall–Kier alpha value is -1.88. The van der Waals surface area contributed by atoms with Crippen LogP contribution in [0.2, 0.25) is 0 Å². The number of hydrogen-bond acceptors (Lipinski definition) is 4. The molecule has 0 aliphatic rings. The molecule has 1 aromatic carbocycles. The van der Waals surface area contributed by atoms with Gasteiger partial charge in [0.2, 0.25) is 0 Å². The Morgan fingerprint density at radius 3 is 2.67 bits per heavy atom. The van der Waals surface area contributed by atoms with E-state index in [1.807, 2.05) is 39.1 Å². The lowest BCUT2D eigenvalue weighted by molar-refractivity contribution is 0.960. The van der Waals surface area contributed by atoms with Crippen molar-refractivity contribution in [3.63, 3.8) is 0 Å². The van der Waals surface area contributed by atoms with E-state index in [0.717, 1.165) is 38.1 Å². The van der Waals surface area contributed by atoms with Crippen LogP contribution in [0.3, 0.4) is 0 Å². The summed E-state index contributed by atoms with van der Waals surface area (Å²) in [6.07, 6.45) is 0. The van der Waals surface area contributed by atoms with Gasteiger partial charge in [0.1, 0.15) is 0 Å². The van der Waals surface area contributed by atoms with Crippen molar-refractivity contribution in [2.24, 2.45) is 7.05 Å². The van der Waals surface area contributed by atoms with E-state index in [0.29, 0.717) is 0 Å². The standard InChI is InChI=1S/C13H14N4S/c1-7-12(18-8(2)15-7)13-16-10-5-4-9(14)6-11(10)17(13)3/h4-6H,14H2,1-3H3. The number of rotatable bonds is 1. The van der Waals surface area contributed by atoms with Crippen molar-refractivity contribution < 1.29 is 0 Å². The van der Waals surface area contributed by atoms with E-state index >= 15 is 0 Å². The Morgan fingerprint density at radius 1 is 1.22 bits per heavy atom. The maximum absolute atomic E-state index is 5.82. The highest BCUT2D eigenvalue weighted by molar-refractivity contribution is 7.15. The highest BCUT2D eigenvalue weighted by Gasteiger charge is 2.15. The number of imidazole rings is 1. The Kier molecular flexibility index (Phi) is 2.38. The third-order valence-corrected chi connectivity index (χ3v) is 4.08. The van der Waals surface area contributed by atoms with E-state index in [1.54, 1.807) is 11.3 Å². The Morgan fingerprint density at radius 2 is 2.00 bits per heavy atom. The fraction of sp³-hybridized carbons (Fsp3) is 0.231. The minimum Gasteiger partial charge on any atom is -0.399 e. The lowest BCUT2D eigenvalue weighted by Gasteiger charge is -2.00. The van der Waals surface area contributed by atoms with Gasteiger partial charge in [-0.25, -0.2) is 9.97 Å². The summed E-state index contributed by atoms with van der Waals surface area (Å²) in [5, 5.41) is 1.06. The van der Waals surface area contributed by atoms with Gasteiger partial charge in [-0.15, -0.1) is 11.3 Å². The summed E-state index contributed by atoms with van der Waals surface area (Å²) in [5.41, 5.74) is 9.63. The molecule has 92 valence electrons. The van der Waals surface area contributed by atoms with Crippen LogP contribution in [0, 0.1) is 13.8 Å². The maximum atomic E-state index is 5.82. The number of aromatic nitrogens is 3. The number of nitrogen functional groups attached to an aromatic ring is 1. The third kappa shape index (κ3) is 1.59. The molecule has 3 aromatic rings. The summed E-state index contributed by atoms with van der Waals surface area (Å²) in [7, 11) is 2.01. The average Bonchev–Trinajstić information content (AvgIpc) is 2.80. The van der Waals surface area contributed by atoms with Crippen LogP contribution in [0.15, 0.2) is 18.2 Å². The molecular formula is C13H14N4S. The van der Waals surface area contributed by atoms with Crippen LogP contribution in [0.1, 0.15) is 10.7 Å². The molecule has 0 saturated heterocycles. The molecule has 3 rings (SSSR count). The first kappa shape index (κ1) is 11.2. The van der Waals surface area contributed by atoms with Crippen LogP contribution in [-0.4, -0.2) is 14.5 Å². The predicted octanol–water partition coefficient (Wildman–Crippen LogP) is 2.90. The molecule has 18 heavy (non-hydrogen) atoms. The summed E-state index contributed by atoms with van der Waals surface area (Å²) in [6.45, 7) is 4.04. The van der Waals surface area contributed by atoms with E-state index in [-0.39, 0.29) is 0 Å². The van der Waals surface area contributed by atoms with Gasteiger partial charge in [-0.05, 0) is 32.0 Å². The average molecular weight is 258 g/mol. The number of aryl methyl sites for hydroxylation is 3. The minimum atomic E-state index is 0.759. The van der Waals surface area contributed by atoms with Gasteiger partial charge in [0.05, 0.1) is 26.6 Å². The number of benzene rings is 1. The monoisotopic (exact) mass is 258 g/mol. The lowest BCUT2D eigenvalue weighted by Crippen LogP contribution is -1.92. The van der Waals surface area contributed by atoms with Gasteiger partial charge in [0.15, 0.2) is 5.82 Å². The second-order valence-corrected chi connectivity index (χ2v) is 5.59. The molecule has 0 bridgehead atoms. The first-order valence-electron chi connectivity index (χ1n) is 5.72. The van der Waals surface area contributed by atoms with Crippen molar-refractivity contribution in [3.8, 4) is 10.7 Å². The van der Waals surface area contributed by atoms with E-state index in [2.05, 4.69) is 14.5 Å². The van der Waals surface area contributed by atoms with E-state index in [1.165, 1.54) is 0 Å². The van der Waals surface area contributed by atoms with Crippen LogP contribution >= 0.6 is 11.3 Å². The van der Waals surface area contributed by atoms with E-state index in [4.69, 9.17) is 5.73 Å². The zero-order valence-corrected chi connectivity index (χ0v) is 11.4. The maximum Gasteiger partial charge on any atom is 0.152 e. The Labute approximate surface area is 109 Å². The molecule has 0 aliphatic carbocycles. The predicted molar refractivity (Wildman–Crippen MR) is 75.7 cm³/mol. The van der Waals surface area contributed by atoms with Crippen LogP contribution in [0.4, 0.5) is 5.69 Å². The topological polar surface area (TPSA) is 56.7 Å². The lowest BCUT2D eigenvalue weighted by atomic mass is 10.3. The van der Waals surface area contributed by atoms with Gasteiger partial charge in [0.25, 0.3) is 0 Å². The molecule has 0 atom stereocenters. The summed E-state index contributed by atoms with van der Waals surface area (Å²) >= 11 is 1.68. The Balaban J connectivity index is 2.30. The van der Waals surface area contributed by atoms with Gasteiger partial charge in [0, 0.05) is 12.7 Å². The van der Waals surface area contributed by atoms with Crippen LogP contribution in [0.5, 0.6) is 0 Å². The second kappa shape index (κ2) is 3.81. The quantitative estimate of drug-likeness (QED) is 0.683. The molecule has 0 saturated carbocycles. The van der Waals surface area contributed by atoms with Crippen molar-refractivity contribution >= 4 is 28.1 Å². The molecule has 0 amide bonds. The first-order valence-corrected chi connectivity index (χ1v) is 6.54. The number of anilines is 1.